The summed E-state index contributed by atoms with van der Waals surface area (Å²) in [6.45, 7) is 2.02. The van der Waals surface area contributed by atoms with E-state index in [0.717, 1.165) is 24.2 Å². The van der Waals surface area contributed by atoms with Gasteiger partial charge in [-0.2, -0.15) is 0 Å². The molecule has 0 spiro atoms. The van der Waals surface area contributed by atoms with E-state index in [1.807, 2.05) is 24.8 Å². The van der Waals surface area contributed by atoms with E-state index in [1.165, 1.54) is 10.5 Å². The maximum absolute atomic E-state index is 13.2. The van der Waals surface area contributed by atoms with Gasteiger partial charge in [0.15, 0.2) is 0 Å². The van der Waals surface area contributed by atoms with Crippen LogP contribution in [0.3, 0.4) is 0 Å². The number of benzene rings is 1. The molecule has 2 rings (SSSR count). The van der Waals surface area contributed by atoms with Crippen molar-refractivity contribution in [3.8, 4) is 0 Å². The molecule has 0 fully saturated rings. The second-order valence-electron chi connectivity index (χ2n) is 2.95. The standard InChI is InChI=1S/C10H11FS/c1-2-7-8-5-6-12-10(8)4-3-9(7)11/h3-4H,2,5-6H2,1H3. The fourth-order valence-corrected chi connectivity index (χ4v) is 2.79. The molecule has 12 heavy (non-hydrogen) atoms. The molecular weight excluding hydrogens is 171 g/mol. The first-order chi connectivity index (χ1) is 5.83. The first-order valence-corrected chi connectivity index (χ1v) is 5.24. The van der Waals surface area contributed by atoms with E-state index in [9.17, 15) is 4.39 Å². The van der Waals surface area contributed by atoms with Crippen LogP contribution in [0.4, 0.5) is 4.39 Å². The minimum Gasteiger partial charge on any atom is -0.207 e. The lowest BCUT2D eigenvalue weighted by Gasteiger charge is -2.05. The molecule has 2 heteroatoms. The highest BCUT2D eigenvalue weighted by Gasteiger charge is 2.16. The van der Waals surface area contributed by atoms with Crippen LogP contribution in [-0.4, -0.2) is 5.75 Å². The van der Waals surface area contributed by atoms with E-state index >= 15 is 0 Å². The van der Waals surface area contributed by atoms with Crippen LogP contribution in [0.25, 0.3) is 0 Å². The van der Waals surface area contributed by atoms with Gasteiger partial charge in [-0.1, -0.05) is 6.92 Å². The molecule has 1 aromatic carbocycles. The molecule has 0 nitrogen and oxygen atoms in total. The minimum atomic E-state index is -0.0289. The number of halogens is 1. The van der Waals surface area contributed by atoms with Gasteiger partial charge in [0.05, 0.1) is 0 Å². The molecule has 1 heterocycles. The first kappa shape index (κ1) is 8.11. The monoisotopic (exact) mass is 182 g/mol. The fourth-order valence-electron chi connectivity index (χ4n) is 1.70. The SMILES string of the molecule is CCc1c(F)ccc2c1CCS2. The molecule has 0 unspecified atom stereocenters. The Balaban J connectivity index is 2.57. The molecular formula is C10H11FS. The van der Waals surface area contributed by atoms with Crippen molar-refractivity contribution in [2.45, 2.75) is 24.7 Å². The predicted molar refractivity (Wildman–Crippen MR) is 50.2 cm³/mol. The molecule has 0 atom stereocenters. The van der Waals surface area contributed by atoms with Crippen molar-refractivity contribution < 1.29 is 4.39 Å². The zero-order chi connectivity index (χ0) is 8.55. The third-order valence-corrected chi connectivity index (χ3v) is 3.40. The van der Waals surface area contributed by atoms with Crippen LogP contribution < -0.4 is 0 Å². The molecule has 0 amide bonds. The largest absolute Gasteiger partial charge is 0.207 e. The summed E-state index contributed by atoms with van der Waals surface area (Å²) in [5.41, 5.74) is 2.18. The highest BCUT2D eigenvalue weighted by molar-refractivity contribution is 7.99. The molecule has 0 N–H and O–H groups in total. The van der Waals surface area contributed by atoms with Crippen LogP contribution in [0.1, 0.15) is 18.1 Å². The second kappa shape index (κ2) is 3.09. The Labute approximate surface area is 76.2 Å². The average molecular weight is 182 g/mol. The molecule has 0 aromatic heterocycles. The van der Waals surface area contributed by atoms with Gasteiger partial charge in [0.2, 0.25) is 0 Å². The van der Waals surface area contributed by atoms with Crippen molar-refractivity contribution in [1.29, 1.82) is 0 Å². The Morgan fingerprint density at radius 2 is 2.33 bits per heavy atom. The third-order valence-electron chi connectivity index (χ3n) is 2.29. The van der Waals surface area contributed by atoms with E-state index in [4.69, 9.17) is 0 Å². The summed E-state index contributed by atoms with van der Waals surface area (Å²) in [5, 5.41) is 0. The van der Waals surface area contributed by atoms with Crippen molar-refractivity contribution in [3.05, 3.63) is 29.1 Å². The van der Waals surface area contributed by atoms with Gasteiger partial charge < -0.3 is 0 Å². The second-order valence-corrected chi connectivity index (χ2v) is 4.09. The molecule has 1 aliphatic rings. The highest BCUT2D eigenvalue weighted by Crippen LogP contribution is 2.34. The van der Waals surface area contributed by atoms with Crippen LogP contribution in [0.5, 0.6) is 0 Å². The van der Waals surface area contributed by atoms with Crippen molar-refractivity contribution in [2.24, 2.45) is 0 Å². The normalized spacial score (nSPS) is 14.8. The summed E-state index contributed by atoms with van der Waals surface area (Å²) in [6.07, 6.45) is 1.86. The Kier molecular flexibility index (Phi) is 2.09. The molecule has 0 bridgehead atoms. The van der Waals surface area contributed by atoms with E-state index < -0.39 is 0 Å². The van der Waals surface area contributed by atoms with E-state index in [1.54, 1.807) is 6.07 Å². The summed E-state index contributed by atoms with van der Waals surface area (Å²) in [6, 6.07) is 3.50. The molecule has 1 aromatic rings. The Hall–Kier alpha value is -0.500. The van der Waals surface area contributed by atoms with Crippen LogP contribution >= 0.6 is 11.8 Å². The van der Waals surface area contributed by atoms with Crippen LogP contribution in [0, 0.1) is 5.82 Å². The quantitative estimate of drug-likeness (QED) is 0.643. The van der Waals surface area contributed by atoms with Gasteiger partial charge in [0.25, 0.3) is 0 Å². The first-order valence-electron chi connectivity index (χ1n) is 4.26. The van der Waals surface area contributed by atoms with Gasteiger partial charge >= 0.3 is 0 Å². The smallest absolute Gasteiger partial charge is 0.126 e. The maximum atomic E-state index is 13.2. The molecule has 0 aliphatic carbocycles. The van der Waals surface area contributed by atoms with Gasteiger partial charge in [-0.25, -0.2) is 4.39 Å². The fraction of sp³-hybridized carbons (Fsp3) is 0.400. The van der Waals surface area contributed by atoms with Crippen molar-refractivity contribution in [3.63, 3.8) is 0 Å². The van der Waals surface area contributed by atoms with Gasteiger partial charge in [0, 0.05) is 10.6 Å². The van der Waals surface area contributed by atoms with Gasteiger partial charge in [-0.3, -0.25) is 0 Å². The van der Waals surface area contributed by atoms with Crippen molar-refractivity contribution >= 4 is 11.8 Å². The molecule has 0 saturated heterocycles. The van der Waals surface area contributed by atoms with E-state index in [2.05, 4.69) is 0 Å². The lowest BCUT2D eigenvalue weighted by atomic mass is 10.0. The number of hydrogen-bond donors (Lipinski definition) is 0. The zero-order valence-electron chi connectivity index (χ0n) is 7.06. The topological polar surface area (TPSA) is 0 Å². The Morgan fingerprint density at radius 3 is 3.08 bits per heavy atom. The lowest BCUT2D eigenvalue weighted by Crippen LogP contribution is -1.95. The van der Waals surface area contributed by atoms with Crippen LogP contribution in [0.2, 0.25) is 0 Å². The number of hydrogen-bond acceptors (Lipinski definition) is 1. The van der Waals surface area contributed by atoms with Gasteiger partial charge in [0.1, 0.15) is 5.82 Å². The molecule has 64 valence electrons. The summed E-state index contributed by atoms with van der Waals surface area (Å²) >= 11 is 1.84. The lowest BCUT2D eigenvalue weighted by molar-refractivity contribution is 0.607. The summed E-state index contributed by atoms with van der Waals surface area (Å²) in [7, 11) is 0. The summed E-state index contributed by atoms with van der Waals surface area (Å²) in [5.74, 6) is 1.09. The van der Waals surface area contributed by atoms with Gasteiger partial charge in [-0.15, -0.1) is 11.8 Å². The minimum absolute atomic E-state index is 0.0289. The number of rotatable bonds is 1. The van der Waals surface area contributed by atoms with Crippen molar-refractivity contribution in [1.82, 2.24) is 0 Å². The number of thioether (sulfide) groups is 1. The van der Waals surface area contributed by atoms with Crippen LogP contribution in [0.15, 0.2) is 17.0 Å². The Morgan fingerprint density at radius 1 is 1.50 bits per heavy atom. The molecule has 1 aliphatic heterocycles. The molecule has 0 radical (unpaired) electrons. The predicted octanol–water partition coefficient (Wildman–Crippen LogP) is 3.04. The maximum Gasteiger partial charge on any atom is 0.126 e. The Bertz CT molecular complexity index is 307. The van der Waals surface area contributed by atoms with Crippen molar-refractivity contribution in [2.75, 3.05) is 5.75 Å². The third kappa shape index (κ3) is 1.14. The van der Waals surface area contributed by atoms with E-state index in [0.29, 0.717) is 0 Å². The zero-order valence-corrected chi connectivity index (χ0v) is 7.88. The summed E-state index contributed by atoms with van der Waals surface area (Å²) in [4.78, 5) is 1.29. The summed E-state index contributed by atoms with van der Waals surface area (Å²) < 4.78 is 13.2. The number of fused-ring (bicyclic) bond motifs is 1. The average Bonchev–Trinajstić information content (AvgIpc) is 2.52. The van der Waals surface area contributed by atoms with Crippen LogP contribution in [-0.2, 0) is 12.8 Å². The van der Waals surface area contributed by atoms with Gasteiger partial charge in [-0.05, 0) is 36.1 Å². The highest BCUT2D eigenvalue weighted by atomic mass is 32.2. The molecule has 0 saturated carbocycles. The van der Waals surface area contributed by atoms with E-state index in [-0.39, 0.29) is 5.82 Å².